The van der Waals surface area contributed by atoms with Gasteiger partial charge in [-0.15, -0.1) is 0 Å². The number of ether oxygens (including phenoxy) is 12. The third-order valence-corrected chi connectivity index (χ3v) is 17.7. The van der Waals surface area contributed by atoms with Crippen molar-refractivity contribution in [3.05, 3.63) is 177 Å². The van der Waals surface area contributed by atoms with E-state index in [0.29, 0.717) is 0 Å². The number of hydrogen-bond acceptors (Lipinski definition) is 20. The fourth-order valence-electron chi connectivity index (χ4n) is 11.7. The summed E-state index contributed by atoms with van der Waals surface area (Å²) in [5.41, 5.74) is 5.79. The number of carbonyl (C=O) groups excluding carboxylic acids is 8. The van der Waals surface area contributed by atoms with Gasteiger partial charge in [0.15, 0.2) is 0 Å². The lowest BCUT2D eigenvalue weighted by Gasteiger charge is -2.30. The second-order valence-corrected chi connectivity index (χ2v) is 32.8. The van der Waals surface area contributed by atoms with Gasteiger partial charge in [0.2, 0.25) is 0 Å². The van der Waals surface area contributed by atoms with Crippen LogP contribution in [0.1, 0.15) is 139 Å². The standard InChI is InChI=1S/C25H34NO5.C22H36NO5.C21H34NO5.C19H30NO5/c1-20(27)31-19-25(2,18-29-5)24(28)30-17-23-13-11-22(12-14-23)16-26(3,4)15-21-9-7-6-8-10-21;1-7-8-13-23(4,5)14-19-9-11-20(12-10-19)15-27-21(25)22(3,16-26-6)17-28-18(2)24;1-7-12-22(4,5)13-18-8-10-19(11-9-18)14-26-20(24)21(3,15-25-6)16-27-17(2)23;1-15(21)25-14-19(2,13-23-6)18(22)24-12-17-9-7-16(8-10-17)11-20(3,4)5/h6-14H,15-19H2,1-5H3;9-12H,7-8,13-17H2,1-6H3;8-11H,7,12-16H2,1-6H3;7-10H,11-14H2,1-6H3/q4*+1. The maximum atomic E-state index is 12.6. The number of esters is 8. The van der Waals surface area contributed by atoms with E-state index in [1.807, 2.05) is 66.7 Å². The molecule has 5 aromatic rings. The third-order valence-electron chi connectivity index (χ3n) is 17.7. The van der Waals surface area contributed by atoms with Gasteiger partial charge in [-0.25, -0.2) is 0 Å². The van der Waals surface area contributed by atoms with Gasteiger partial charge >= 0.3 is 47.8 Å². The summed E-state index contributed by atoms with van der Waals surface area (Å²) in [6.07, 6.45) is 3.56. The van der Waals surface area contributed by atoms with Gasteiger partial charge in [0.25, 0.3) is 0 Å². The molecule has 0 bridgehead atoms. The van der Waals surface area contributed by atoms with Crippen molar-refractivity contribution in [3.8, 4) is 0 Å². The van der Waals surface area contributed by atoms with Crippen molar-refractivity contribution in [3.63, 3.8) is 0 Å². The van der Waals surface area contributed by atoms with Crippen LogP contribution in [-0.4, -0.2) is 223 Å². The van der Waals surface area contributed by atoms with Crippen LogP contribution in [0.5, 0.6) is 0 Å². The second-order valence-electron chi connectivity index (χ2n) is 32.8. The molecule has 618 valence electrons. The largest absolute Gasteiger partial charge is 0.465 e. The Hall–Kier alpha value is -8.46. The maximum absolute atomic E-state index is 12.6. The predicted octanol–water partition coefficient (Wildman–Crippen LogP) is 12.1. The monoisotopic (exact) mass is 1550 g/mol. The minimum absolute atomic E-state index is 0.0707. The number of carbonyl (C=O) groups is 8. The Bertz CT molecular complexity index is 3600. The number of nitrogens with zero attached hydrogens (tertiary/aromatic N) is 4. The van der Waals surface area contributed by atoms with Gasteiger partial charge < -0.3 is 74.8 Å². The smallest absolute Gasteiger partial charge is 0.317 e. The molecule has 4 atom stereocenters. The quantitative estimate of drug-likeness (QED) is 0.0200. The lowest BCUT2D eigenvalue weighted by atomic mass is 9.93. The number of unbranched alkanes of at least 4 members (excludes halogenated alkanes) is 1. The Kier molecular flexibility index (Phi) is 43.1. The van der Waals surface area contributed by atoms with Crippen molar-refractivity contribution in [2.24, 2.45) is 21.7 Å². The van der Waals surface area contributed by atoms with Crippen molar-refractivity contribution in [1.29, 1.82) is 0 Å². The topological polar surface area (TPSA) is 247 Å². The Balaban J connectivity index is 0.000000504. The molecule has 0 radical (unpaired) electrons. The lowest BCUT2D eigenvalue weighted by molar-refractivity contribution is -0.916. The first kappa shape index (κ1) is 98.6. The molecule has 0 fully saturated rings. The maximum Gasteiger partial charge on any atom is 0.317 e. The minimum atomic E-state index is -1.04. The van der Waals surface area contributed by atoms with Gasteiger partial charge in [-0.1, -0.05) is 148 Å². The summed E-state index contributed by atoms with van der Waals surface area (Å²) < 4.78 is 65.8. The first-order valence-corrected chi connectivity index (χ1v) is 37.7. The van der Waals surface area contributed by atoms with Crippen LogP contribution < -0.4 is 0 Å². The van der Waals surface area contributed by atoms with Crippen LogP contribution in [0.4, 0.5) is 0 Å². The van der Waals surface area contributed by atoms with Gasteiger partial charge in [0, 0.05) is 84.0 Å². The van der Waals surface area contributed by atoms with E-state index >= 15 is 0 Å². The fourth-order valence-corrected chi connectivity index (χ4v) is 11.7. The Labute approximate surface area is 662 Å². The lowest BCUT2D eigenvalue weighted by Crippen LogP contribution is -2.39. The van der Waals surface area contributed by atoms with E-state index in [2.05, 4.69) is 138 Å². The highest BCUT2D eigenvalue weighted by molar-refractivity contribution is 5.79. The molecule has 24 heteroatoms. The number of hydrogen-bond donors (Lipinski definition) is 0. The van der Waals surface area contributed by atoms with Crippen LogP contribution in [0.3, 0.4) is 0 Å². The number of rotatable bonds is 43. The molecule has 0 aliphatic rings. The van der Waals surface area contributed by atoms with Crippen molar-refractivity contribution in [2.75, 3.05) is 158 Å². The highest BCUT2D eigenvalue weighted by Crippen LogP contribution is 2.27. The van der Waals surface area contributed by atoms with E-state index in [9.17, 15) is 38.4 Å². The zero-order valence-corrected chi connectivity index (χ0v) is 71.1. The van der Waals surface area contributed by atoms with Gasteiger partial charge in [0.1, 0.15) is 107 Å². The molecule has 0 aliphatic heterocycles. The van der Waals surface area contributed by atoms with E-state index in [4.69, 9.17) is 56.8 Å². The Morgan fingerprint density at radius 3 is 0.730 bits per heavy atom. The summed E-state index contributed by atoms with van der Waals surface area (Å²) >= 11 is 0. The molecule has 5 rings (SSSR count). The van der Waals surface area contributed by atoms with Gasteiger partial charge in [-0.2, -0.15) is 0 Å². The molecule has 24 nitrogen and oxygen atoms in total. The Morgan fingerprint density at radius 2 is 0.505 bits per heavy atom. The van der Waals surface area contributed by atoms with E-state index < -0.39 is 69.4 Å². The average molecular weight is 1560 g/mol. The molecular formula is C87H134N4O20+4. The van der Waals surface area contributed by atoms with Crippen LogP contribution in [0.2, 0.25) is 0 Å². The molecule has 0 spiro atoms. The van der Waals surface area contributed by atoms with E-state index in [-0.39, 0.29) is 79.3 Å². The molecule has 0 N–H and O–H groups in total. The first-order chi connectivity index (χ1) is 51.9. The molecular weight excluding hydrogens is 1420 g/mol. The van der Waals surface area contributed by atoms with Crippen LogP contribution in [0, 0.1) is 21.7 Å². The van der Waals surface area contributed by atoms with Crippen molar-refractivity contribution in [2.45, 2.75) is 148 Å². The molecule has 4 unspecified atom stereocenters. The zero-order valence-electron chi connectivity index (χ0n) is 71.1. The van der Waals surface area contributed by atoms with Crippen LogP contribution >= 0.6 is 0 Å². The normalized spacial score (nSPS) is 13.6. The summed E-state index contributed by atoms with van der Waals surface area (Å²) in [5.74, 6) is -3.57. The van der Waals surface area contributed by atoms with E-state index in [1.165, 1.54) is 96.8 Å². The molecule has 0 saturated heterocycles. The van der Waals surface area contributed by atoms with E-state index in [1.54, 1.807) is 27.7 Å². The average Bonchev–Trinajstić information content (AvgIpc) is 0.862. The summed E-state index contributed by atoms with van der Waals surface area (Å²) in [4.78, 5) is 94.2. The van der Waals surface area contributed by atoms with Crippen LogP contribution in [0.25, 0.3) is 0 Å². The minimum Gasteiger partial charge on any atom is -0.465 e. The third kappa shape index (κ3) is 40.5. The summed E-state index contributed by atoms with van der Waals surface area (Å²) in [5, 5.41) is 0. The highest BCUT2D eigenvalue weighted by atomic mass is 16.6. The van der Waals surface area contributed by atoms with E-state index in [0.717, 1.165) is 92.4 Å². The fraction of sp³-hybridized carbons (Fsp3) is 0.563. The Morgan fingerprint density at radius 1 is 0.279 bits per heavy atom. The van der Waals surface area contributed by atoms with Crippen molar-refractivity contribution < 1.29 is 113 Å². The summed E-state index contributed by atoms with van der Waals surface area (Å²) in [6, 6.07) is 42.8. The molecule has 0 aliphatic carbocycles. The molecule has 0 saturated carbocycles. The van der Waals surface area contributed by atoms with Crippen LogP contribution in [0.15, 0.2) is 127 Å². The molecule has 111 heavy (non-hydrogen) atoms. The molecule has 0 amide bonds. The van der Waals surface area contributed by atoms with Gasteiger partial charge in [-0.05, 0) is 62.8 Å². The zero-order chi connectivity index (χ0) is 83.7. The molecule has 5 aromatic carbocycles. The van der Waals surface area contributed by atoms with Gasteiger partial charge in [0.05, 0.1) is 103 Å². The predicted molar refractivity (Wildman–Crippen MR) is 426 cm³/mol. The summed E-state index contributed by atoms with van der Waals surface area (Å²) in [7, 11) is 25.7. The van der Waals surface area contributed by atoms with Crippen molar-refractivity contribution in [1.82, 2.24) is 0 Å². The van der Waals surface area contributed by atoms with Crippen molar-refractivity contribution >= 4 is 47.8 Å². The van der Waals surface area contributed by atoms with Crippen LogP contribution in [-0.2, 0) is 154 Å². The highest BCUT2D eigenvalue weighted by Gasteiger charge is 2.40. The number of methoxy groups -OCH3 is 4. The number of benzene rings is 5. The SMILES string of the molecule is CCCC[N+](C)(C)Cc1ccc(COC(=O)C(C)(COC)COC(C)=O)cc1.CCC[N+](C)(C)Cc1ccc(COC(=O)C(C)(COC)COC(C)=O)cc1.COCC(C)(COC(C)=O)C(=O)OCc1ccc(C[N+](C)(C)C)cc1.COCC(C)(COC(C)=O)C(=O)OCc1ccc(C[N+](C)(C)Cc2ccccc2)cc1. The first-order valence-electron chi connectivity index (χ1n) is 37.7. The number of quaternary nitrogens is 4. The second kappa shape index (κ2) is 48.5. The molecule has 0 heterocycles. The summed E-state index contributed by atoms with van der Waals surface area (Å²) in [6.45, 7) is 24.1. The van der Waals surface area contributed by atoms with Gasteiger partial charge in [-0.3, -0.25) is 38.4 Å². The molecule has 0 aromatic heterocycles.